The van der Waals surface area contributed by atoms with Crippen LogP contribution in [0.3, 0.4) is 0 Å². The Hall–Kier alpha value is -5.42. The van der Waals surface area contributed by atoms with Crippen molar-refractivity contribution in [3.05, 3.63) is 155 Å². The van der Waals surface area contributed by atoms with Crippen LogP contribution < -0.4 is 4.90 Å². The maximum Gasteiger partial charge on any atom is 0.335 e. The van der Waals surface area contributed by atoms with Crippen LogP contribution in [0.2, 0.25) is 0 Å². The third-order valence-corrected chi connectivity index (χ3v) is 8.31. The van der Waals surface area contributed by atoms with Gasteiger partial charge < -0.3 is 15.1 Å². The van der Waals surface area contributed by atoms with Crippen molar-refractivity contribution in [2.24, 2.45) is 0 Å². The molecular formula is C42H41NO4. The van der Waals surface area contributed by atoms with Gasteiger partial charge in [0.15, 0.2) is 5.78 Å². The molecule has 5 heteroatoms. The first kappa shape index (κ1) is 33.0. The molecule has 0 radical (unpaired) electrons. The van der Waals surface area contributed by atoms with Crippen LogP contribution in [0, 0.1) is 0 Å². The molecule has 0 unspecified atom stereocenters. The van der Waals surface area contributed by atoms with Gasteiger partial charge in [0.2, 0.25) is 0 Å². The Morgan fingerprint density at radius 2 is 0.830 bits per heavy atom. The molecular weight excluding hydrogens is 582 g/mol. The molecule has 5 rings (SSSR count). The summed E-state index contributed by atoms with van der Waals surface area (Å²) in [6.45, 7) is 13.3. The minimum atomic E-state index is -1.06. The van der Waals surface area contributed by atoms with Gasteiger partial charge in [0.05, 0.1) is 5.56 Å². The second-order valence-corrected chi connectivity index (χ2v) is 13.8. The minimum Gasteiger partial charge on any atom is -0.507 e. The molecule has 5 nitrogen and oxygen atoms in total. The van der Waals surface area contributed by atoms with Crippen LogP contribution in [0.4, 0.5) is 17.1 Å². The first-order valence-electron chi connectivity index (χ1n) is 15.7. The summed E-state index contributed by atoms with van der Waals surface area (Å²) in [6, 6.07) is 38.9. The first-order valence-corrected chi connectivity index (χ1v) is 15.7. The molecule has 0 bridgehead atoms. The van der Waals surface area contributed by atoms with E-state index < -0.39 is 5.97 Å². The van der Waals surface area contributed by atoms with E-state index in [9.17, 15) is 14.7 Å². The third kappa shape index (κ3) is 7.70. The lowest BCUT2D eigenvalue weighted by Gasteiger charge is -2.28. The monoisotopic (exact) mass is 623 g/mol. The molecule has 5 aromatic carbocycles. The fraction of sp³-hybridized carbons (Fsp3) is 0.190. The average Bonchev–Trinajstić information content (AvgIpc) is 3.05. The van der Waals surface area contributed by atoms with E-state index in [0.717, 1.165) is 34.3 Å². The standard InChI is InChI=1S/C42H41NO4/c1-41(2,3)33-17-23-36(24-18-33)43(37-25-19-34(20-26-37)42(4,5)6)35-21-15-29(16-22-35)28-7-9-30(10-8-28)38(44)27-39(45)31-11-13-32(14-12-31)40(46)47/h7-27,45H,1-6H3,(H,46,47)/b39-27-. The molecule has 0 heterocycles. The number of aliphatic hydroxyl groups is 1. The Bertz CT molecular complexity index is 1830. The minimum absolute atomic E-state index is 0.0615. The van der Waals surface area contributed by atoms with E-state index in [1.54, 1.807) is 12.1 Å². The van der Waals surface area contributed by atoms with Gasteiger partial charge in [0.25, 0.3) is 0 Å². The summed E-state index contributed by atoms with van der Waals surface area (Å²) in [5.41, 5.74) is 8.74. The van der Waals surface area contributed by atoms with Crippen LogP contribution in [-0.2, 0) is 10.8 Å². The highest BCUT2D eigenvalue weighted by Gasteiger charge is 2.19. The van der Waals surface area contributed by atoms with Crippen LogP contribution in [0.25, 0.3) is 16.9 Å². The van der Waals surface area contributed by atoms with Crippen molar-refractivity contribution < 1.29 is 19.8 Å². The third-order valence-electron chi connectivity index (χ3n) is 8.31. The normalized spacial score (nSPS) is 12.1. The molecule has 0 aliphatic rings. The summed E-state index contributed by atoms with van der Waals surface area (Å²) in [4.78, 5) is 26.2. The number of benzene rings is 5. The number of carboxylic acid groups (broad SMARTS) is 1. The van der Waals surface area contributed by atoms with Gasteiger partial charge in [-0.3, -0.25) is 4.79 Å². The molecule has 5 aromatic rings. The summed E-state index contributed by atoms with van der Waals surface area (Å²) in [5, 5.41) is 19.5. The number of carbonyl (C=O) groups excluding carboxylic acids is 1. The van der Waals surface area contributed by atoms with Crippen molar-refractivity contribution in [2.45, 2.75) is 52.4 Å². The van der Waals surface area contributed by atoms with Crippen molar-refractivity contribution in [1.82, 2.24) is 0 Å². The fourth-order valence-corrected chi connectivity index (χ4v) is 5.37. The number of hydrogen-bond acceptors (Lipinski definition) is 4. The molecule has 47 heavy (non-hydrogen) atoms. The SMILES string of the molecule is CC(C)(C)c1ccc(N(c2ccc(-c3ccc(C(=O)/C=C(\O)c4ccc(C(=O)O)cc4)cc3)cc2)c2ccc(C(C)(C)C)cc2)cc1. The second kappa shape index (κ2) is 13.1. The topological polar surface area (TPSA) is 77.8 Å². The lowest BCUT2D eigenvalue weighted by Crippen LogP contribution is -2.14. The van der Waals surface area contributed by atoms with Crippen LogP contribution >= 0.6 is 0 Å². The van der Waals surface area contributed by atoms with Gasteiger partial charge in [-0.2, -0.15) is 0 Å². The number of aromatic carboxylic acids is 1. The van der Waals surface area contributed by atoms with Gasteiger partial charge in [-0.05, 0) is 81.6 Å². The van der Waals surface area contributed by atoms with Gasteiger partial charge >= 0.3 is 5.97 Å². The lowest BCUT2D eigenvalue weighted by molar-refractivity contribution is 0.0696. The quantitative estimate of drug-likeness (QED) is 0.102. The fourth-order valence-electron chi connectivity index (χ4n) is 5.37. The maximum atomic E-state index is 12.9. The average molecular weight is 624 g/mol. The molecule has 0 amide bonds. The smallest absolute Gasteiger partial charge is 0.335 e. The number of rotatable bonds is 8. The number of aliphatic hydroxyl groups excluding tert-OH is 1. The predicted molar refractivity (Wildman–Crippen MR) is 192 cm³/mol. The van der Waals surface area contributed by atoms with Gasteiger partial charge in [-0.25, -0.2) is 4.79 Å². The second-order valence-electron chi connectivity index (χ2n) is 13.8. The number of ketones is 1. The highest BCUT2D eigenvalue weighted by molar-refractivity contribution is 6.08. The number of nitrogens with zero attached hydrogens (tertiary/aromatic N) is 1. The van der Waals surface area contributed by atoms with Gasteiger partial charge in [0, 0.05) is 34.3 Å². The zero-order valence-corrected chi connectivity index (χ0v) is 27.8. The van der Waals surface area contributed by atoms with Crippen molar-refractivity contribution in [3.63, 3.8) is 0 Å². The summed E-state index contributed by atoms with van der Waals surface area (Å²) in [5.74, 6) is -1.63. The van der Waals surface area contributed by atoms with E-state index in [2.05, 4.69) is 119 Å². The summed E-state index contributed by atoms with van der Waals surface area (Å²) >= 11 is 0. The Morgan fingerprint density at radius 3 is 1.21 bits per heavy atom. The van der Waals surface area contributed by atoms with E-state index in [1.165, 1.54) is 35.4 Å². The molecule has 0 aromatic heterocycles. The zero-order valence-electron chi connectivity index (χ0n) is 27.8. The van der Waals surface area contributed by atoms with E-state index in [-0.39, 0.29) is 27.9 Å². The molecule has 0 aliphatic heterocycles. The van der Waals surface area contributed by atoms with Crippen molar-refractivity contribution in [2.75, 3.05) is 4.90 Å². The van der Waals surface area contributed by atoms with Crippen LogP contribution in [0.5, 0.6) is 0 Å². The summed E-state index contributed by atoms with van der Waals surface area (Å²) in [6.07, 6.45) is 1.15. The number of carboxylic acids is 1. The first-order chi connectivity index (χ1) is 22.2. The van der Waals surface area contributed by atoms with Crippen LogP contribution in [-0.4, -0.2) is 22.0 Å². The van der Waals surface area contributed by atoms with Crippen molar-refractivity contribution in [1.29, 1.82) is 0 Å². The molecule has 2 N–H and O–H groups in total. The number of hydrogen-bond donors (Lipinski definition) is 2. The van der Waals surface area contributed by atoms with E-state index in [1.807, 2.05) is 12.1 Å². The predicted octanol–water partition coefficient (Wildman–Crippen LogP) is 10.9. The van der Waals surface area contributed by atoms with Crippen molar-refractivity contribution >= 4 is 34.6 Å². The largest absolute Gasteiger partial charge is 0.507 e. The van der Waals surface area contributed by atoms with E-state index >= 15 is 0 Å². The Balaban J connectivity index is 1.39. The molecule has 238 valence electrons. The molecule has 0 atom stereocenters. The highest BCUT2D eigenvalue weighted by atomic mass is 16.4. The summed E-state index contributed by atoms with van der Waals surface area (Å²) in [7, 11) is 0. The van der Waals surface area contributed by atoms with E-state index in [4.69, 9.17) is 5.11 Å². The van der Waals surface area contributed by atoms with E-state index in [0.29, 0.717) is 11.1 Å². The van der Waals surface area contributed by atoms with Gasteiger partial charge in [0.1, 0.15) is 5.76 Å². The maximum absolute atomic E-state index is 12.9. The molecule has 0 spiro atoms. The number of carbonyl (C=O) groups is 2. The van der Waals surface area contributed by atoms with Crippen LogP contribution in [0.1, 0.15) is 78.9 Å². The number of allylic oxidation sites excluding steroid dienone is 1. The Morgan fingerprint density at radius 1 is 0.489 bits per heavy atom. The Kier molecular flexibility index (Phi) is 9.21. The van der Waals surface area contributed by atoms with Gasteiger partial charge in [-0.15, -0.1) is 0 Å². The van der Waals surface area contributed by atoms with Crippen LogP contribution in [0.15, 0.2) is 127 Å². The highest BCUT2D eigenvalue weighted by Crippen LogP contribution is 2.38. The number of anilines is 3. The molecule has 0 saturated heterocycles. The molecule has 0 saturated carbocycles. The molecule has 0 aliphatic carbocycles. The van der Waals surface area contributed by atoms with Crippen molar-refractivity contribution in [3.8, 4) is 11.1 Å². The summed E-state index contributed by atoms with van der Waals surface area (Å²) < 4.78 is 0. The van der Waals surface area contributed by atoms with Gasteiger partial charge in [-0.1, -0.05) is 114 Å². The Labute approximate surface area is 277 Å². The molecule has 0 fully saturated rings. The lowest BCUT2D eigenvalue weighted by atomic mass is 9.86. The zero-order chi connectivity index (χ0) is 33.9.